The van der Waals surface area contributed by atoms with E-state index in [1.54, 1.807) is 11.8 Å². The van der Waals surface area contributed by atoms with E-state index < -0.39 is 0 Å². The van der Waals surface area contributed by atoms with Crippen LogP contribution < -0.4 is 0 Å². The molecule has 2 fully saturated rings. The monoisotopic (exact) mass is 274 g/mol. The third-order valence-electron chi connectivity index (χ3n) is 4.01. The Labute approximate surface area is 118 Å². The van der Waals surface area contributed by atoms with Crippen LogP contribution in [0.15, 0.2) is 30.3 Å². The Hall–Kier alpha value is -1.88. The van der Waals surface area contributed by atoms with Crippen LogP contribution in [0.4, 0.5) is 4.79 Å². The molecule has 2 unspecified atom stereocenters. The summed E-state index contributed by atoms with van der Waals surface area (Å²) in [6.45, 7) is 2.52. The van der Waals surface area contributed by atoms with E-state index in [9.17, 15) is 9.59 Å². The molecular formula is C15H18N2O3. The maximum atomic E-state index is 12.3. The third kappa shape index (κ3) is 2.29. The van der Waals surface area contributed by atoms with Gasteiger partial charge in [-0.2, -0.15) is 5.06 Å². The largest absolute Gasteiger partial charge is 0.344 e. The van der Waals surface area contributed by atoms with Crippen LogP contribution in [0.5, 0.6) is 0 Å². The molecular weight excluding hydrogens is 256 g/mol. The zero-order chi connectivity index (χ0) is 14.1. The van der Waals surface area contributed by atoms with Crippen molar-refractivity contribution in [2.45, 2.75) is 38.5 Å². The van der Waals surface area contributed by atoms with Gasteiger partial charge in [0.05, 0.1) is 12.1 Å². The molecule has 1 aromatic carbocycles. The zero-order valence-corrected chi connectivity index (χ0v) is 11.5. The lowest BCUT2D eigenvalue weighted by Crippen LogP contribution is -2.44. The Morgan fingerprint density at radius 3 is 2.75 bits per heavy atom. The quantitative estimate of drug-likeness (QED) is 0.843. The average Bonchev–Trinajstić information content (AvgIpc) is 2.70. The van der Waals surface area contributed by atoms with E-state index in [-0.39, 0.29) is 23.9 Å². The van der Waals surface area contributed by atoms with Crippen molar-refractivity contribution < 1.29 is 14.4 Å². The van der Waals surface area contributed by atoms with E-state index in [4.69, 9.17) is 4.84 Å². The number of piperidine rings is 1. The molecule has 0 saturated carbocycles. The van der Waals surface area contributed by atoms with Crippen molar-refractivity contribution in [2.24, 2.45) is 0 Å². The molecule has 2 atom stereocenters. The fraction of sp³-hybridized carbons (Fsp3) is 0.467. The first kappa shape index (κ1) is 13.1. The molecule has 20 heavy (non-hydrogen) atoms. The van der Waals surface area contributed by atoms with Gasteiger partial charge in [-0.05, 0) is 25.3 Å². The summed E-state index contributed by atoms with van der Waals surface area (Å²) in [5.74, 6) is 0.0571. The fourth-order valence-electron chi connectivity index (χ4n) is 2.94. The van der Waals surface area contributed by atoms with Gasteiger partial charge < -0.3 is 4.90 Å². The minimum absolute atomic E-state index is 0.0571. The first-order valence-electron chi connectivity index (χ1n) is 6.94. The minimum atomic E-state index is -0.274. The lowest BCUT2D eigenvalue weighted by molar-refractivity contribution is -0.140. The molecule has 106 valence electrons. The number of amides is 2. The van der Waals surface area contributed by atoms with E-state index in [0.717, 1.165) is 18.4 Å². The Morgan fingerprint density at radius 2 is 2.05 bits per heavy atom. The predicted octanol–water partition coefficient (Wildman–Crippen LogP) is 1.98. The number of nitrogens with zero attached hydrogens (tertiary/aromatic N) is 2. The molecule has 5 heteroatoms. The molecule has 2 heterocycles. The summed E-state index contributed by atoms with van der Waals surface area (Å²) >= 11 is 0. The van der Waals surface area contributed by atoms with Gasteiger partial charge in [-0.3, -0.25) is 9.63 Å². The topological polar surface area (TPSA) is 49.9 Å². The first-order valence-corrected chi connectivity index (χ1v) is 6.94. The van der Waals surface area contributed by atoms with Crippen molar-refractivity contribution in [2.75, 3.05) is 6.54 Å². The highest BCUT2D eigenvalue weighted by molar-refractivity contribution is 5.88. The van der Waals surface area contributed by atoms with Gasteiger partial charge in [0.25, 0.3) is 0 Å². The molecule has 2 aliphatic heterocycles. The summed E-state index contributed by atoms with van der Waals surface area (Å²) in [7, 11) is 0. The van der Waals surface area contributed by atoms with Crippen LogP contribution in [-0.4, -0.2) is 40.4 Å². The molecule has 2 amide bonds. The van der Waals surface area contributed by atoms with Crippen molar-refractivity contribution in [3.63, 3.8) is 0 Å². The number of hydrogen-bond donors (Lipinski definition) is 0. The van der Waals surface area contributed by atoms with Gasteiger partial charge in [-0.1, -0.05) is 30.3 Å². The third-order valence-corrected chi connectivity index (χ3v) is 4.01. The maximum absolute atomic E-state index is 12.3. The first-order chi connectivity index (χ1) is 9.66. The van der Waals surface area contributed by atoms with Crippen molar-refractivity contribution in [1.82, 2.24) is 9.96 Å². The maximum Gasteiger partial charge on any atom is 0.344 e. The molecule has 1 aromatic rings. The molecule has 0 spiro atoms. The van der Waals surface area contributed by atoms with Gasteiger partial charge in [-0.15, -0.1) is 0 Å². The van der Waals surface area contributed by atoms with E-state index in [0.29, 0.717) is 13.2 Å². The molecule has 0 N–H and O–H groups in total. The van der Waals surface area contributed by atoms with E-state index >= 15 is 0 Å². The van der Waals surface area contributed by atoms with Gasteiger partial charge >= 0.3 is 6.03 Å². The number of Topliss-reactive ketones (excluding diaryl/α,β-unsaturated/α-hetero) is 1. The number of rotatable bonds is 4. The van der Waals surface area contributed by atoms with Crippen molar-refractivity contribution in [3.8, 4) is 0 Å². The highest BCUT2D eigenvalue weighted by atomic mass is 16.7. The van der Waals surface area contributed by atoms with E-state index in [2.05, 4.69) is 0 Å². The SMILES string of the molecule is CC(=O)C1CCC2CN1C(=O)N2OCc1ccccc1. The standard InChI is InChI=1S/C15H18N2O3/c1-11(18)14-8-7-13-9-16(14)15(19)17(13)20-10-12-5-3-2-4-6-12/h2-6,13-14H,7-10H2,1H3. The molecule has 2 saturated heterocycles. The number of fused-ring (bicyclic) bond motifs is 2. The molecule has 0 aromatic heterocycles. The number of carbonyl (C=O) groups is 2. The Kier molecular flexibility index (Phi) is 3.44. The van der Waals surface area contributed by atoms with Crippen LogP contribution in [-0.2, 0) is 16.2 Å². The number of carbonyl (C=O) groups excluding carboxylic acids is 2. The predicted molar refractivity (Wildman–Crippen MR) is 72.7 cm³/mol. The van der Waals surface area contributed by atoms with Crippen LogP contribution in [0.25, 0.3) is 0 Å². The fourth-order valence-corrected chi connectivity index (χ4v) is 2.94. The second-order valence-electron chi connectivity index (χ2n) is 5.38. The summed E-state index contributed by atoms with van der Waals surface area (Å²) in [5.41, 5.74) is 1.03. The summed E-state index contributed by atoms with van der Waals surface area (Å²) in [6.07, 6.45) is 1.55. The highest BCUT2D eigenvalue weighted by Crippen LogP contribution is 2.30. The van der Waals surface area contributed by atoms with E-state index in [1.807, 2.05) is 30.3 Å². The van der Waals surface area contributed by atoms with Crippen LogP contribution in [0.1, 0.15) is 25.3 Å². The Morgan fingerprint density at radius 1 is 1.30 bits per heavy atom. The van der Waals surface area contributed by atoms with Gasteiger partial charge in [-0.25, -0.2) is 4.79 Å². The smallest absolute Gasteiger partial charge is 0.311 e. The average molecular weight is 274 g/mol. The minimum Gasteiger partial charge on any atom is -0.311 e. The van der Waals surface area contributed by atoms with Crippen molar-refractivity contribution in [1.29, 1.82) is 0 Å². The van der Waals surface area contributed by atoms with Crippen LogP contribution in [0.3, 0.4) is 0 Å². The molecule has 5 nitrogen and oxygen atoms in total. The number of urea groups is 1. The van der Waals surface area contributed by atoms with E-state index in [1.165, 1.54) is 5.06 Å². The Balaban J connectivity index is 1.67. The van der Waals surface area contributed by atoms with Crippen LogP contribution >= 0.6 is 0 Å². The second-order valence-corrected chi connectivity index (χ2v) is 5.38. The molecule has 2 bridgehead atoms. The second kappa shape index (κ2) is 5.25. The summed E-state index contributed by atoms with van der Waals surface area (Å²) in [4.78, 5) is 31.2. The Bertz CT molecular complexity index is 517. The van der Waals surface area contributed by atoms with Gasteiger partial charge in [0, 0.05) is 6.54 Å². The summed E-state index contributed by atoms with van der Waals surface area (Å²) < 4.78 is 0. The number of ketones is 1. The lowest BCUT2D eigenvalue weighted by Gasteiger charge is -2.28. The zero-order valence-electron chi connectivity index (χ0n) is 11.5. The molecule has 2 aliphatic rings. The summed E-state index contributed by atoms with van der Waals surface area (Å²) in [5, 5.41) is 1.45. The number of hydroxylamine groups is 2. The molecule has 3 rings (SSSR count). The number of hydrogen-bond acceptors (Lipinski definition) is 3. The van der Waals surface area contributed by atoms with Crippen molar-refractivity contribution >= 4 is 11.8 Å². The lowest BCUT2D eigenvalue weighted by atomic mass is 9.98. The normalized spacial score (nSPS) is 25.1. The highest BCUT2D eigenvalue weighted by Gasteiger charge is 2.46. The van der Waals surface area contributed by atoms with Crippen LogP contribution in [0.2, 0.25) is 0 Å². The van der Waals surface area contributed by atoms with Gasteiger partial charge in [0.1, 0.15) is 6.61 Å². The number of benzene rings is 1. The van der Waals surface area contributed by atoms with Crippen LogP contribution in [0, 0.1) is 0 Å². The molecule has 0 radical (unpaired) electrons. The van der Waals surface area contributed by atoms with Crippen molar-refractivity contribution in [3.05, 3.63) is 35.9 Å². The van der Waals surface area contributed by atoms with Gasteiger partial charge in [0.2, 0.25) is 0 Å². The summed E-state index contributed by atoms with van der Waals surface area (Å²) in [6, 6.07) is 9.38. The molecule has 0 aliphatic carbocycles. The van der Waals surface area contributed by atoms with Gasteiger partial charge in [0.15, 0.2) is 5.78 Å².